The fourth-order valence-corrected chi connectivity index (χ4v) is 4.73. The van der Waals surface area contributed by atoms with E-state index in [4.69, 9.17) is 16.3 Å². The molecule has 14 heteroatoms. The average Bonchev–Trinajstić information content (AvgIpc) is 3.27. The fourth-order valence-electron chi connectivity index (χ4n) is 3.87. The Morgan fingerprint density at radius 2 is 1.76 bits per heavy atom. The van der Waals surface area contributed by atoms with Crippen LogP contribution >= 0.6 is 21.8 Å². The Labute approximate surface area is 218 Å². The lowest BCUT2D eigenvalue weighted by atomic mass is 10.1. The van der Waals surface area contributed by atoms with Gasteiger partial charge in [0, 0.05) is 24.1 Å². The highest BCUT2D eigenvalue weighted by molar-refractivity contribution is 8.45. The molecule has 0 saturated heterocycles. The molecule has 0 fully saturated rings. The van der Waals surface area contributed by atoms with Crippen molar-refractivity contribution < 1.29 is 29.3 Å². The van der Waals surface area contributed by atoms with E-state index in [0.717, 1.165) is 22.4 Å². The number of methoxy groups -OCH3 is 1. The number of nitrogens with zero attached hydrogens (tertiary/aromatic N) is 3. The van der Waals surface area contributed by atoms with Crippen LogP contribution in [0.15, 0.2) is 76.9 Å². The number of halogens is 6. The van der Waals surface area contributed by atoms with Crippen LogP contribution in [-0.2, 0) is 0 Å². The smallest absolute Gasteiger partial charge is 0.310 e. The summed E-state index contributed by atoms with van der Waals surface area (Å²) in [5.41, 5.74) is 1.27. The number of aliphatic hydroxyl groups is 1. The maximum absolute atomic E-state index is 13.3. The monoisotopic (exact) mass is 576 g/mol. The van der Waals surface area contributed by atoms with Crippen LogP contribution < -0.4 is 15.6 Å². The van der Waals surface area contributed by atoms with Crippen LogP contribution in [-0.4, -0.2) is 32.9 Å². The minimum atomic E-state index is -9.88. The fraction of sp³-hybridized carbons (Fsp3) is 0.167. The molecule has 4 rings (SSSR count). The van der Waals surface area contributed by atoms with E-state index in [0.29, 0.717) is 17.1 Å². The van der Waals surface area contributed by atoms with Gasteiger partial charge in [-0.2, -0.15) is 0 Å². The molecule has 0 unspecified atom stereocenters. The summed E-state index contributed by atoms with van der Waals surface area (Å²) in [7, 11) is -8.40. The molecule has 1 atom stereocenters. The second-order valence-electron chi connectivity index (χ2n) is 8.45. The highest BCUT2D eigenvalue weighted by atomic mass is 35.5. The number of rotatable bonds is 8. The molecule has 4 aromatic rings. The van der Waals surface area contributed by atoms with Crippen molar-refractivity contribution in [2.24, 2.45) is 0 Å². The Balaban J connectivity index is 1.69. The first-order valence-corrected chi connectivity index (χ1v) is 13.2. The summed E-state index contributed by atoms with van der Waals surface area (Å²) in [6.07, 6.45) is 4.62. The number of aryl methyl sites for hydroxylation is 1. The number of pyridine rings is 1. The molecule has 2 aromatic heterocycles. The number of imidazole rings is 1. The van der Waals surface area contributed by atoms with Crippen molar-refractivity contribution in [1.82, 2.24) is 14.1 Å². The molecule has 2 aromatic carbocycles. The van der Waals surface area contributed by atoms with Crippen LogP contribution in [0.3, 0.4) is 0 Å². The van der Waals surface area contributed by atoms with Crippen molar-refractivity contribution in [2.45, 2.75) is 17.9 Å². The number of ether oxygens (including phenoxy) is 1. The zero-order chi connectivity index (χ0) is 27.9. The van der Waals surface area contributed by atoms with Gasteiger partial charge in [-0.15, -0.1) is 0 Å². The third-order valence-electron chi connectivity index (χ3n) is 5.68. The van der Waals surface area contributed by atoms with Gasteiger partial charge in [0.1, 0.15) is 16.3 Å². The lowest BCUT2D eigenvalue weighted by Crippen LogP contribution is -2.29. The van der Waals surface area contributed by atoms with E-state index in [1.165, 1.54) is 19.4 Å². The summed E-state index contributed by atoms with van der Waals surface area (Å²) in [6, 6.07) is 7.22. The predicted molar refractivity (Wildman–Crippen MR) is 137 cm³/mol. The van der Waals surface area contributed by atoms with E-state index >= 15 is 0 Å². The van der Waals surface area contributed by atoms with Gasteiger partial charge in [-0.3, -0.25) is 4.79 Å². The Morgan fingerprint density at radius 1 is 1.08 bits per heavy atom. The van der Waals surface area contributed by atoms with Crippen molar-refractivity contribution >= 4 is 33.2 Å². The first-order valence-electron chi connectivity index (χ1n) is 10.9. The zero-order valence-corrected chi connectivity index (χ0v) is 21.5. The van der Waals surface area contributed by atoms with Gasteiger partial charge in [0.25, 0.3) is 5.56 Å². The number of aromatic nitrogens is 3. The molecule has 204 valence electrons. The third-order valence-corrected chi connectivity index (χ3v) is 7.05. The molecule has 0 aliphatic heterocycles. The van der Waals surface area contributed by atoms with E-state index in [1.54, 1.807) is 35.3 Å². The molecule has 7 nitrogen and oxygen atoms in total. The topological polar surface area (TPSA) is 81.3 Å². The van der Waals surface area contributed by atoms with Gasteiger partial charge in [0.2, 0.25) is 0 Å². The number of nitrogens with one attached hydrogen (secondary N) is 1. The molecule has 2 N–H and O–H groups in total. The van der Waals surface area contributed by atoms with Crippen LogP contribution in [0.25, 0.3) is 5.69 Å². The van der Waals surface area contributed by atoms with Crippen LogP contribution in [0, 0.1) is 6.92 Å². The van der Waals surface area contributed by atoms with Gasteiger partial charge in [-0.25, -0.2) is 4.98 Å². The molecule has 0 bridgehead atoms. The summed E-state index contributed by atoms with van der Waals surface area (Å²) >= 11 is 6.20. The maximum atomic E-state index is 13.3. The quantitative estimate of drug-likeness (QED) is 0.221. The average molecular weight is 577 g/mol. The summed E-state index contributed by atoms with van der Waals surface area (Å²) < 4.78 is 73.7. The van der Waals surface area contributed by atoms with E-state index in [1.807, 2.05) is 6.92 Å². The molecule has 0 radical (unpaired) electrons. The van der Waals surface area contributed by atoms with E-state index < -0.39 is 33.3 Å². The molecule has 38 heavy (non-hydrogen) atoms. The Morgan fingerprint density at radius 3 is 2.32 bits per heavy atom. The number of hydrogen-bond acceptors (Lipinski definition) is 5. The molecule has 0 aliphatic rings. The molecule has 0 aliphatic carbocycles. The van der Waals surface area contributed by atoms with Crippen LogP contribution in [0.4, 0.5) is 30.8 Å². The van der Waals surface area contributed by atoms with Crippen LogP contribution in [0.1, 0.15) is 17.3 Å². The second kappa shape index (κ2) is 9.03. The van der Waals surface area contributed by atoms with Crippen molar-refractivity contribution in [3.05, 3.63) is 93.9 Å². The molecular weight excluding hydrogens is 555 g/mol. The minimum Gasteiger partial charge on any atom is -0.494 e. The molecule has 2 heterocycles. The van der Waals surface area contributed by atoms with Gasteiger partial charge in [0.15, 0.2) is 0 Å². The summed E-state index contributed by atoms with van der Waals surface area (Å²) in [6.45, 7) is 1.12. The summed E-state index contributed by atoms with van der Waals surface area (Å²) in [5, 5.41) is 13.0. The van der Waals surface area contributed by atoms with E-state index in [2.05, 4.69) is 10.3 Å². The standard InChI is InChI=1S/C24H22ClF5N4O3S/c1-15-11-33(14-31-15)21-8-5-18(10-23(21)37-2)32-20-9-17(25)12-34(24(20)36)22(13-35)16-3-6-19(7-4-16)38(26,27,28,29)30/h3-12,14,22,32,35H,13H2,1-2H3/t22-/m0/s1. The lowest BCUT2D eigenvalue weighted by molar-refractivity contribution is 0.247. The molecular formula is C24H22ClF5N4O3S. The van der Waals surface area contributed by atoms with Gasteiger partial charge < -0.3 is 24.3 Å². The Kier molecular flexibility index (Phi) is 6.53. The zero-order valence-electron chi connectivity index (χ0n) is 19.9. The predicted octanol–water partition coefficient (Wildman–Crippen LogP) is 6.99. The number of aliphatic hydroxyl groups excluding tert-OH is 1. The second-order valence-corrected chi connectivity index (χ2v) is 11.3. The highest BCUT2D eigenvalue weighted by Crippen LogP contribution is 3.02. The Bertz CT molecular complexity index is 1560. The van der Waals surface area contributed by atoms with Crippen molar-refractivity contribution in [3.63, 3.8) is 0 Å². The normalized spacial score (nSPS) is 14.4. The molecule has 0 amide bonds. The minimum absolute atomic E-state index is 0.00457. The maximum Gasteiger partial charge on any atom is 0.310 e. The van der Waals surface area contributed by atoms with Gasteiger partial charge in [-0.05, 0) is 42.8 Å². The van der Waals surface area contributed by atoms with Crippen LogP contribution in [0.5, 0.6) is 5.75 Å². The highest BCUT2D eigenvalue weighted by Gasteiger charge is 2.65. The van der Waals surface area contributed by atoms with Gasteiger partial charge >= 0.3 is 10.2 Å². The summed E-state index contributed by atoms with van der Waals surface area (Å²) in [5.74, 6) is 0.465. The first kappa shape index (κ1) is 27.5. The van der Waals surface area contributed by atoms with Crippen molar-refractivity contribution in [3.8, 4) is 11.4 Å². The van der Waals surface area contributed by atoms with Crippen molar-refractivity contribution in [2.75, 3.05) is 19.0 Å². The van der Waals surface area contributed by atoms with Gasteiger partial charge in [0.05, 0.1) is 42.5 Å². The third kappa shape index (κ3) is 5.79. The molecule has 0 saturated carbocycles. The Hall–Kier alpha value is -3.55. The first-order chi connectivity index (χ1) is 17.6. The number of hydrogen-bond donors (Lipinski definition) is 2. The number of anilines is 2. The summed E-state index contributed by atoms with van der Waals surface area (Å²) in [4.78, 5) is 15.4. The molecule has 0 spiro atoms. The van der Waals surface area contributed by atoms with E-state index in [9.17, 15) is 29.3 Å². The van der Waals surface area contributed by atoms with Crippen molar-refractivity contribution in [1.29, 1.82) is 0 Å². The largest absolute Gasteiger partial charge is 0.494 e. The van der Waals surface area contributed by atoms with E-state index in [-0.39, 0.29) is 28.4 Å². The number of benzene rings is 2. The van der Waals surface area contributed by atoms with Crippen LogP contribution in [0.2, 0.25) is 5.02 Å². The van der Waals surface area contributed by atoms with Gasteiger partial charge in [-0.1, -0.05) is 43.2 Å². The SMILES string of the molecule is COc1cc(Nc2cc(Cl)cn([C@@H](CO)c3ccc(S(F)(F)(F)(F)F)cc3)c2=O)ccc1-n1cnc(C)c1. The lowest BCUT2D eigenvalue weighted by Gasteiger charge is -2.40.